The molecule has 0 spiro atoms. The van der Waals surface area contributed by atoms with E-state index < -0.39 is 82.2 Å². The average molecular weight is 587 g/mol. The SMILES string of the molecule is CC(=O)O[C@@H]1C(=O)[C@@]2(C)[C@H]([C@H](OC(=O)c3ccccc3)[C@@]3(O)C[C@H](O)C(C)=C1C3(C)C)[C@]1(OC(C)=O)CO[C@@H]1C[C@@H]2O. The molecule has 1 aromatic carbocycles. The first-order chi connectivity index (χ1) is 19.5. The number of esters is 3. The Hall–Kier alpha value is -3.12. The minimum Gasteiger partial charge on any atom is -0.455 e. The predicted molar refractivity (Wildman–Crippen MR) is 145 cm³/mol. The fraction of sp³-hybridized carbons (Fsp3) is 0.613. The minimum absolute atomic E-state index is 0.110. The van der Waals surface area contributed by atoms with Gasteiger partial charge in [0.25, 0.3) is 0 Å². The van der Waals surface area contributed by atoms with Crippen LogP contribution in [-0.4, -0.2) is 87.3 Å². The molecule has 3 fully saturated rings. The number of ether oxygens (including phenoxy) is 4. The molecule has 1 saturated heterocycles. The van der Waals surface area contributed by atoms with Gasteiger partial charge in [0.05, 0.1) is 35.7 Å². The maximum atomic E-state index is 14.8. The quantitative estimate of drug-likeness (QED) is 0.267. The summed E-state index contributed by atoms with van der Waals surface area (Å²) < 4.78 is 23.5. The fourth-order valence-corrected chi connectivity index (χ4v) is 7.91. The van der Waals surface area contributed by atoms with Crippen LogP contribution in [0.1, 0.15) is 64.7 Å². The highest BCUT2D eigenvalue weighted by Gasteiger charge is 2.78. The van der Waals surface area contributed by atoms with E-state index in [1.165, 1.54) is 26.0 Å². The van der Waals surface area contributed by atoms with Crippen LogP contribution < -0.4 is 0 Å². The molecular formula is C31H38O11. The number of carbonyl (C=O) groups excluding carboxylic acids is 4. The minimum atomic E-state index is -2.11. The van der Waals surface area contributed by atoms with Crippen molar-refractivity contribution in [2.75, 3.05) is 6.61 Å². The second-order valence-electron chi connectivity index (χ2n) is 12.8. The highest BCUT2D eigenvalue weighted by Crippen LogP contribution is 2.64. The lowest BCUT2D eigenvalue weighted by atomic mass is 9.44. The molecule has 5 rings (SSSR count). The van der Waals surface area contributed by atoms with E-state index in [4.69, 9.17) is 18.9 Å². The van der Waals surface area contributed by atoms with Crippen molar-refractivity contribution >= 4 is 23.7 Å². The molecule has 11 nitrogen and oxygen atoms in total. The molecule has 0 radical (unpaired) electrons. The summed E-state index contributed by atoms with van der Waals surface area (Å²) in [5.74, 6) is -4.41. The van der Waals surface area contributed by atoms with E-state index in [-0.39, 0.29) is 30.6 Å². The Morgan fingerprint density at radius 3 is 2.19 bits per heavy atom. The molecule has 11 heteroatoms. The number of rotatable bonds is 4. The first-order valence-electron chi connectivity index (χ1n) is 14.1. The Kier molecular flexibility index (Phi) is 7.20. The third-order valence-electron chi connectivity index (χ3n) is 10.2. The summed E-state index contributed by atoms with van der Waals surface area (Å²) >= 11 is 0. The monoisotopic (exact) mass is 586 g/mol. The van der Waals surface area contributed by atoms with Crippen LogP contribution in [0.25, 0.3) is 0 Å². The van der Waals surface area contributed by atoms with Crippen LogP contribution in [0.5, 0.6) is 0 Å². The van der Waals surface area contributed by atoms with Crippen LogP contribution in [0.4, 0.5) is 0 Å². The number of carbonyl (C=O) groups is 4. The molecule has 1 aromatic rings. The van der Waals surface area contributed by atoms with Crippen molar-refractivity contribution in [3.8, 4) is 0 Å². The van der Waals surface area contributed by atoms with Gasteiger partial charge in [-0.2, -0.15) is 0 Å². The smallest absolute Gasteiger partial charge is 0.338 e. The molecule has 228 valence electrons. The zero-order chi connectivity index (χ0) is 31.0. The van der Waals surface area contributed by atoms with E-state index in [1.807, 2.05) is 0 Å². The van der Waals surface area contributed by atoms with Crippen LogP contribution >= 0.6 is 0 Å². The van der Waals surface area contributed by atoms with E-state index in [1.54, 1.807) is 39.0 Å². The summed E-state index contributed by atoms with van der Waals surface area (Å²) in [6, 6.07) is 8.05. The second kappa shape index (κ2) is 9.97. The van der Waals surface area contributed by atoms with Gasteiger partial charge >= 0.3 is 17.9 Å². The molecule has 3 aliphatic carbocycles. The molecule has 2 saturated carbocycles. The lowest BCUT2D eigenvalue weighted by Crippen LogP contribution is -2.81. The van der Waals surface area contributed by atoms with Crippen molar-refractivity contribution in [2.45, 2.75) is 96.1 Å². The van der Waals surface area contributed by atoms with E-state index in [0.29, 0.717) is 5.57 Å². The van der Waals surface area contributed by atoms with E-state index >= 15 is 0 Å². The normalized spacial score (nSPS) is 40.4. The largest absolute Gasteiger partial charge is 0.455 e. The lowest BCUT2D eigenvalue weighted by Gasteiger charge is -2.67. The molecule has 3 N–H and O–H groups in total. The predicted octanol–water partition coefficient (Wildman–Crippen LogP) is 1.65. The molecule has 4 aliphatic rings. The fourth-order valence-electron chi connectivity index (χ4n) is 7.91. The van der Waals surface area contributed by atoms with Crippen molar-refractivity contribution in [3.05, 3.63) is 47.0 Å². The average Bonchev–Trinajstić information content (AvgIpc) is 2.90. The maximum absolute atomic E-state index is 14.8. The summed E-state index contributed by atoms with van der Waals surface area (Å²) in [7, 11) is 0. The molecule has 2 bridgehead atoms. The highest BCUT2D eigenvalue weighted by atomic mass is 16.6. The third kappa shape index (κ3) is 4.08. The van der Waals surface area contributed by atoms with Crippen LogP contribution in [0.15, 0.2) is 41.5 Å². The van der Waals surface area contributed by atoms with Gasteiger partial charge in [-0.25, -0.2) is 4.79 Å². The lowest BCUT2D eigenvalue weighted by molar-refractivity contribution is -0.345. The van der Waals surface area contributed by atoms with Gasteiger partial charge in [-0.3, -0.25) is 14.4 Å². The van der Waals surface area contributed by atoms with Gasteiger partial charge in [0.2, 0.25) is 0 Å². The van der Waals surface area contributed by atoms with Gasteiger partial charge in [0.1, 0.15) is 17.8 Å². The molecular weight excluding hydrogens is 548 g/mol. The summed E-state index contributed by atoms with van der Waals surface area (Å²) in [5, 5.41) is 35.8. The summed E-state index contributed by atoms with van der Waals surface area (Å²) in [6.07, 6.45) is -7.27. The van der Waals surface area contributed by atoms with E-state index in [2.05, 4.69) is 0 Å². The zero-order valence-electron chi connectivity index (χ0n) is 24.6. The maximum Gasteiger partial charge on any atom is 0.338 e. The topological polar surface area (TPSA) is 166 Å². The Morgan fingerprint density at radius 1 is 1.00 bits per heavy atom. The van der Waals surface area contributed by atoms with Crippen LogP contribution in [0.3, 0.4) is 0 Å². The standard InChI is InChI=1S/C31H38O11/c1-15-19(34)13-31(38)26(41-27(37)18-10-8-7-9-11-18)24-29(6,20(35)12-21-30(24,14-39-21)42-17(3)33)25(36)23(40-16(2)32)22(15)28(31,4)5/h7-11,19-21,23-24,26,34-35,38H,12-14H2,1-6H3/t19-,20-,21+,23-,24-,26-,29+,30-,31-/m0/s1. The molecule has 0 unspecified atom stereocenters. The van der Waals surface area contributed by atoms with Crippen LogP contribution in [-0.2, 0) is 33.3 Å². The van der Waals surface area contributed by atoms with Crippen LogP contribution in [0.2, 0.25) is 0 Å². The first kappa shape index (κ1) is 30.3. The van der Waals surface area contributed by atoms with Gasteiger partial charge in [0, 0.05) is 32.1 Å². The van der Waals surface area contributed by atoms with E-state index in [9.17, 15) is 34.5 Å². The van der Waals surface area contributed by atoms with Crippen molar-refractivity contribution in [3.63, 3.8) is 0 Å². The van der Waals surface area contributed by atoms with Gasteiger partial charge in [-0.15, -0.1) is 0 Å². The highest BCUT2D eigenvalue weighted by molar-refractivity contribution is 5.95. The molecule has 0 aromatic heterocycles. The number of fused-ring (bicyclic) bond motifs is 5. The summed E-state index contributed by atoms with van der Waals surface area (Å²) in [4.78, 5) is 53.4. The molecule has 9 atom stereocenters. The Morgan fingerprint density at radius 2 is 1.64 bits per heavy atom. The zero-order valence-corrected chi connectivity index (χ0v) is 24.6. The van der Waals surface area contributed by atoms with Gasteiger partial charge in [-0.05, 0) is 37.1 Å². The summed E-state index contributed by atoms with van der Waals surface area (Å²) in [6.45, 7) is 8.42. The third-order valence-corrected chi connectivity index (χ3v) is 10.2. The molecule has 42 heavy (non-hydrogen) atoms. The van der Waals surface area contributed by atoms with Crippen molar-refractivity contribution in [2.24, 2.45) is 16.7 Å². The number of Topliss-reactive ketones (excluding diaryl/α,β-unsaturated/α-hetero) is 1. The Labute approximate surface area is 243 Å². The number of hydrogen-bond donors (Lipinski definition) is 3. The summed E-state index contributed by atoms with van der Waals surface area (Å²) in [5.41, 5.74) is -6.38. The number of aliphatic hydroxyl groups excluding tert-OH is 2. The van der Waals surface area contributed by atoms with Crippen molar-refractivity contribution in [1.29, 1.82) is 0 Å². The second-order valence-corrected chi connectivity index (χ2v) is 12.8. The van der Waals surface area contributed by atoms with E-state index in [0.717, 1.165) is 6.92 Å². The number of ketones is 1. The van der Waals surface area contributed by atoms with Gasteiger partial charge in [-0.1, -0.05) is 32.0 Å². The number of benzene rings is 1. The number of hydrogen-bond acceptors (Lipinski definition) is 11. The van der Waals surface area contributed by atoms with Gasteiger partial charge in [0.15, 0.2) is 17.5 Å². The Balaban J connectivity index is 1.84. The molecule has 1 heterocycles. The van der Waals surface area contributed by atoms with Crippen LogP contribution in [0, 0.1) is 16.7 Å². The molecule has 0 amide bonds. The van der Waals surface area contributed by atoms with Gasteiger partial charge < -0.3 is 34.3 Å². The Bertz CT molecular complexity index is 1350. The number of aliphatic hydroxyl groups is 3. The van der Waals surface area contributed by atoms with Crippen molar-refractivity contribution in [1.82, 2.24) is 0 Å². The first-order valence-corrected chi connectivity index (χ1v) is 14.1. The van der Waals surface area contributed by atoms with Crippen molar-refractivity contribution < 1.29 is 53.4 Å². The molecule has 1 aliphatic heterocycles.